The first-order valence-corrected chi connectivity index (χ1v) is 10.4. The summed E-state index contributed by atoms with van der Waals surface area (Å²) >= 11 is 0. The van der Waals surface area contributed by atoms with Gasteiger partial charge < -0.3 is 4.90 Å². The molecule has 0 N–H and O–H groups in total. The van der Waals surface area contributed by atoms with Gasteiger partial charge >= 0.3 is 0 Å². The van der Waals surface area contributed by atoms with E-state index in [0.717, 1.165) is 18.1 Å². The fraction of sp³-hybridized carbons (Fsp3) is 0.360. The smallest absolute Gasteiger partial charge is 0.153 e. The monoisotopic (exact) mass is 384 g/mol. The van der Waals surface area contributed by atoms with E-state index in [4.69, 9.17) is 9.98 Å². The van der Waals surface area contributed by atoms with Crippen LogP contribution in [0.15, 0.2) is 53.7 Å². The van der Waals surface area contributed by atoms with Gasteiger partial charge in [0.05, 0.1) is 24.3 Å². The fourth-order valence-electron chi connectivity index (χ4n) is 4.90. The molecule has 0 amide bonds. The van der Waals surface area contributed by atoms with Gasteiger partial charge in [0.25, 0.3) is 0 Å². The summed E-state index contributed by atoms with van der Waals surface area (Å²) in [6.45, 7) is 12.2. The first-order chi connectivity index (χ1) is 13.8. The highest BCUT2D eigenvalue weighted by Gasteiger charge is 2.42. The normalized spacial score (nSPS) is 19.8. The Kier molecular flexibility index (Phi) is 3.95. The minimum atomic E-state index is 0.0127. The lowest BCUT2D eigenvalue weighted by Crippen LogP contribution is -2.36. The van der Waals surface area contributed by atoms with Gasteiger partial charge in [0.2, 0.25) is 0 Å². The van der Waals surface area contributed by atoms with E-state index in [-0.39, 0.29) is 17.6 Å². The van der Waals surface area contributed by atoms with Crippen molar-refractivity contribution in [3.8, 4) is 22.6 Å². The zero-order chi connectivity index (χ0) is 20.3. The summed E-state index contributed by atoms with van der Waals surface area (Å²) in [5, 5.41) is 0. The quantitative estimate of drug-likeness (QED) is 0.561. The molecule has 0 radical (unpaired) electrons. The number of aromatic nitrogens is 2. The molecule has 1 aromatic heterocycles. The Morgan fingerprint density at radius 1 is 0.966 bits per heavy atom. The van der Waals surface area contributed by atoms with Gasteiger partial charge in [-0.25, -0.2) is 9.98 Å². The summed E-state index contributed by atoms with van der Waals surface area (Å²) in [6.07, 6.45) is 4.10. The van der Waals surface area contributed by atoms with Crippen LogP contribution in [0.2, 0.25) is 0 Å². The van der Waals surface area contributed by atoms with Gasteiger partial charge in [-0.2, -0.15) is 0 Å². The molecule has 2 unspecified atom stereocenters. The summed E-state index contributed by atoms with van der Waals surface area (Å²) in [6, 6.07) is 15.4. The van der Waals surface area contributed by atoms with Gasteiger partial charge in [0.15, 0.2) is 6.17 Å². The second-order valence-electron chi connectivity index (χ2n) is 9.55. The largest absolute Gasteiger partial charge is 0.351 e. The molecule has 3 heterocycles. The highest BCUT2D eigenvalue weighted by molar-refractivity contribution is 5.75. The van der Waals surface area contributed by atoms with Crippen LogP contribution in [0.5, 0.6) is 0 Å². The number of aryl methyl sites for hydroxylation is 2. The average Bonchev–Trinajstić information content (AvgIpc) is 3.25. The van der Waals surface area contributed by atoms with Gasteiger partial charge in [-0.15, -0.1) is 0 Å². The second-order valence-corrected chi connectivity index (χ2v) is 9.55. The summed E-state index contributed by atoms with van der Waals surface area (Å²) in [4.78, 5) is 12.3. The van der Waals surface area contributed by atoms with Crippen LogP contribution in [0.25, 0.3) is 22.6 Å². The molecule has 148 valence electrons. The first-order valence-electron chi connectivity index (χ1n) is 10.4. The SMILES string of the molecule is Cc1cccc(C)c1-c1cnc2n1C1N=CN(CC(C)(C)C)C1c1ccccc1-2. The predicted molar refractivity (Wildman–Crippen MR) is 119 cm³/mol. The number of hydrogen-bond acceptors (Lipinski definition) is 3. The second kappa shape index (κ2) is 6.31. The van der Waals surface area contributed by atoms with Gasteiger partial charge in [0.1, 0.15) is 5.82 Å². The molecule has 2 aromatic carbocycles. The van der Waals surface area contributed by atoms with Crippen molar-refractivity contribution >= 4 is 6.34 Å². The zero-order valence-corrected chi connectivity index (χ0v) is 17.8. The molecule has 4 nitrogen and oxygen atoms in total. The van der Waals surface area contributed by atoms with Crippen molar-refractivity contribution in [1.82, 2.24) is 14.5 Å². The van der Waals surface area contributed by atoms with Gasteiger partial charge in [-0.1, -0.05) is 63.2 Å². The van der Waals surface area contributed by atoms with Crippen molar-refractivity contribution in [2.24, 2.45) is 10.4 Å². The van der Waals surface area contributed by atoms with E-state index in [1.807, 2.05) is 6.20 Å². The van der Waals surface area contributed by atoms with Crippen LogP contribution >= 0.6 is 0 Å². The van der Waals surface area contributed by atoms with Crippen LogP contribution in [0.3, 0.4) is 0 Å². The molecule has 2 aliphatic rings. The Labute approximate surface area is 172 Å². The maximum absolute atomic E-state index is 5.01. The van der Waals surface area contributed by atoms with Crippen LogP contribution in [-0.2, 0) is 0 Å². The first kappa shape index (κ1) is 18.2. The molecule has 0 aliphatic carbocycles. The number of nitrogens with zero attached hydrogens (tertiary/aromatic N) is 4. The van der Waals surface area contributed by atoms with Crippen LogP contribution in [-0.4, -0.2) is 27.3 Å². The predicted octanol–water partition coefficient (Wildman–Crippen LogP) is 5.78. The van der Waals surface area contributed by atoms with E-state index in [9.17, 15) is 0 Å². The standard InChI is InChI=1S/C25H28N4/c1-16-9-8-10-17(2)21(16)20-13-26-23-19-12-7-6-11-18(19)22-24(29(20)23)27-15-28(22)14-25(3,4)5/h6-13,15,22,24H,14H2,1-5H3. The Morgan fingerprint density at radius 3 is 2.41 bits per heavy atom. The van der Waals surface area contributed by atoms with Crippen molar-refractivity contribution in [1.29, 1.82) is 0 Å². The topological polar surface area (TPSA) is 33.4 Å². The molecule has 5 rings (SSSR count). The highest BCUT2D eigenvalue weighted by atomic mass is 15.4. The molecule has 0 saturated heterocycles. The maximum Gasteiger partial charge on any atom is 0.153 e. The Bertz CT molecular complexity index is 1100. The van der Waals surface area contributed by atoms with Crippen molar-refractivity contribution in [2.45, 2.75) is 46.8 Å². The molecule has 0 spiro atoms. The molecular formula is C25H28N4. The Hall–Kier alpha value is -2.88. The fourth-order valence-corrected chi connectivity index (χ4v) is 4.90. The summed E-state index contributed by atoms with van der Waals surface area (Å²) in [7, 11) is 0. The van der Waals surface area contributed by atoms with Crippen molar-refractivity contribution in [3.05, 3.63) is 65.4 Å². The molecule has 2 aliphatic heterocycles. The molecule has 4 heteroatoms. The van der Waals surface area contributed by atoms with E-state index in [2.05, 4.69) is 92.9 Å². The van der Waals surface area contributed by atoms with E-state index >= 15 is 0 Å². The molecule has 29 heavy (non-hydrogen) atoms. The van der Waals surface area contributed by atoms with Crippen molar-refractivity contribution in [2.75, 3.05) is 6.54 Å². The van der Waals surface area contributed by atoms with Crippen LogP contribution in [0.1, 0.15) is 49.7 Å². The third-order valence-electron chi connectivity index (χ3n) is 5.98. The average molecular weight is 385 g/mol. The van der Waals surface area contributed by atoms with Crippen molar-refractivity contribution < 1.29 is 0 Å². The molecule has 0 fully saturated rings. The third-order valence-corrected chi connectivity index (χ3v) is 5.98. The van der Waals surface area contributed by atoms with Crippen LogP contribution < -0.4 is 0 Å². The minimum absolute atomic E-state index is 0.0127. The molecule has 2 atom stereocenters. The van der Waals surface area contributed by atoms with E-state index in [1.54, 1.807) is 0 Å². The number of hydrogen-bond donors (Lipinski definition) is 0. The minimum Gasteiger partial charge on any atom is -0.351 e. The Balaban J connectivity index is 1.72. The number of aliphatic imine (C=N–C) groups is 1. The lowest BCUT2D eigenvalue weighted by molar-refractivity contribution is 0.205. The summed E-state index contributed by atoms with van der Waals surface area (Å²) in [5.41, 5.74) is 7.72. The molecular weight excluding hydrogens is 356 g/mol. The third kappa shape index (κ3) is 2.81. The van der Waals surface area contributed by atoms with Gasteiger partial charge in [-0.05, 0) is 36.0 Å². The summed E-state index contributed by atoms with van der Waals surface area (Å²) in [5.74, 6) is 1.02. The molecule has 0 bridgehead atoms. The van der Waals surface area contributed by atoms with Crippen LogP contribution in [0.4, 0.5) is 0 Å². The maximum atomic E-state index is 5.01. The number of imidazole rings is 1. The Morgan fingerprint density at radius 2 is 1.69 bits per heavy atom. The van der Waals surface area contributed by atoms with E-state index in [0.29, 0.717) is 0 Å². The highest BCUT2D eigenvalue weighted by Crippen LogP contribution is 2.49. The van der Waals surface area contributed by atoms with Crippen LogP contribution in [0, 0.1) is 19.3 Å². The van der Waals surface area contributed by atoms with E-state index in [1.165, 1.54) is 27.8 Å². The van der Waals surface area contributed by atoms with E-state index < -0.39 is 0 Å². The number of fused-ring (bicyclic) bond motifs is 6. The number of rotatable bonds is 2. The molecule has 3 aromatic rings. The lowest BCUT2D eigenvalue weighted by Gasteiger charge is -2.37. The zero-order valence-electron chi connectivity index (χ0n) is 17.8. The van der Waals surface area contributed by atoms with Gasteiger partial charge in [0, 0.05) is 17.7 Å². The molecule has 0 saturated carbocycles. The number of benzene rings is 2. The summed E-state index contributed by atoms with van der Waals surface area (Å²) < 4.78 is 2.36. The van der Waals surface area contributed by atoms with Gasteiger partial charge in [-0.3, -0.25) is 4.57 Å². The van der Waals surface area contributed by atoms with Crippen molar-refractivity contribution in [3.63, 3.8) is 0 Å². The lowest BCUT2D eigenvalue weighted by atomic mass is 9.90.